The average molecular weight is 989 g/mol. The number of carbonyl (C=O) groups excluding carboxylic acids is 5. The van der Waals surface area contributed by atoms with Gasteiger partial charge in [0, 0.05) is 97.2 Å². The van der Waals surface area contributed by atoms with Gasteiger partial charge in [-0.3, -0.25) is 58.0 Å². The van der Waals surface area contributed by atoms with Crippen LogP contribution < -0.4 is 16.0 Å². The van der Waals surface area contributed by atoms with Crippen molar-refractivity contribution in [3.05, 3.63) is 34.9 Å². The zero-order chi connectivity index (χ0) is 51.1. The second-order valence-electron chi connectivity index (χ2n) is 18.3. The van der Waals surface area contributed by atoms with Crippen LogP contribution in [0.1, 0.15) is 61.6 Å². The van der Waals surface area contributed by atoms with E-state index in [4.69, 9.17) is 0 Å². The zero-order valence-electron chi connectivity index (χ0n) is 38.9. The van der Waals surface area contributed by atoms with Crippen LogP contribution in [0.3, 0.4) is 0 Å². The van der Waals surface area contributed by atoms with Crippen LogP contribution in [0.4, 0.5) is 8.78 Å². The van der Waals surface area contributed by atoms with Crippen LogP contribution in [0.2, 0.25) is 0 Å². The first-order valence-electron chi connectivity index (χ1n) is 23.3. The topological polar surface area (TPSA) is 314 Å². The van der Waals surface area contributed by atoms with Gasteiger partial charge < -0.3 is 46.2 Å². The molecule has 1 aromatic rings. The highest BCUT2D eigenvalue weighted by molar-refractivity contribution is 5.94. The SMILES string of the molecule is N#C[C@@H]1CC(F)(F)CN1C(=O)[C@@H]1C[C@@H](CC(=O)N2Cc3cccc(CCC(=O)NC(CCCCNC(=O)CN4CCN(CC(=O)O)CCN(CC(=O)O)CCN(CC(=O)O)CC4)C(=O)O)c3C2)C(=O)N1. The van der Waals surface area contributed by atoms with Crippen LogP contribution in [0.5, 0.6) is 0 Å². The lowest BCUT2D eigenvalue weighted by molar-refractivity contribution is -0.142. The van der Waals surface area contributed by atoms with E-state index in [9.17, 15) is 77.6 Å². The Kier molecular flexibility index (Phi) is 19.9. The number of fused-ring (bicyclic) bond motifs is 1. The van der Waals surface area contributed by atoms with Crippen molar-refractivity contribution in [1.82, 2.24) is 45.3 Å². The number of unbranched alkanes of at least 4 members (excludes halogenated alkanes) is 1. The lowest BCUT2D eigenvalue weighted by Gasteiger charge is -2.32. The van der Waals surface area contributed by atoms with E-state index in [-0.39, 0.29) is 142 Å². The summed E-state index contributed by atoms with van der Waals surface area (Å²) in [4.78, 5) is 121. The maximum Gasteiger partial charge on any atom is 0.326 e. The van der Waals surface area contributed by atoms with Gasteiger partial charge in [0.2, 0.25) is 29.5 Å². The number of carboxylic acids is 4. The fraction of sp³-hybridized carbons (Fsp3) is 0.644. The van der Waals surface area contributed by atoms with Gasteiger partial charge in [-0.25, -0.2) is 13.6 Å². The molecule has 0 aliphatic carbocycles. The van der Waals surface area contributed by atoms with E-state index in [0.29, 0.717) is 12.8 Å². The first kappa shape index (κ1) is 54.6. The summed E-state index contributed by atoms with van der Waals surface area (Å²) in [5.41, 5.74) is 2.42. The normalized spacial score (nSPS) is 21.9. The third-order valence-electron chi connectivity index (χ3n) is 12.9. The first-order valence-corrected chi connectivity index (χ1v) is 23.3. The second-order valence-corrected chi connectivity index (χ2v) is 18.3. The number of carbonyl (C=O) groups is 9. The summed E-state index contributed by atoms with van der Waals surface area (Å²) in [5, 5.41) is 55.3. The Bertz CT molecular complexity index is 2130. The summed E-state index contributed by atoms with van der Waals surface area (Å²) in [6.45, 7) is 0.685. The number of nitriles is 1. The number of benzene rings is 1. The van der Waals surface area contributed by atoms with Crippen LogP contribution in [-0.2, 0) is 62.7 Å². The van der Waals surface area contributed by atoms with Crippen LogP contribution in [0.15, 0.2) is 18.2 Å². The highest BCUT2D eigenvalue weighted by Crippen LogP contribution is 2.34. The molecule has 4 aliphatic rings. The molecule has 4 aliphatic heterocycles. The smallest absolute Gasteiger partial charge is 0.326 e. The largest absolute Gasteiger partial charge is 0.480 e. The number of hydrogen-bond donors (Lipinski definition) is 7. The van der Waals surface area contributed by atoms with Gasteiger partial charge in [0.25, 0.3) is 5.92 Å². The van der Waals surface area contributed by atoms with Gasteiger partial charge >= 0.3 is 23.9 Å². The van der Waals surface area contributed by atoms with E-state index in [0.717, 1.165) is 21.6 Å². The average Bonchev–Trinajstić information content (AvgIpc) is 3.99. The minimum absolute atomic E-state index is 0.0562. The van der Waals surface area contributed by atoms with E-state index in [1.807, 2.05) is 6.07 Å². The van der Waals surface area contributed by atoms with Crippen LogP contribution in [0, 0.1) is 17.2 Å². The predicted octanol–water partition coefficient (Wildman–Crippen LogP) is -1.55. The molecule has 0 aromatic heterocycles. The summed E-state index contributed by atoms with van der Waals surface area (Å²) in [7, 11) is 0. The van der Waals surface area contributed by atoms with E-state index in [1.165, 1.54) is 0 Å². The molecule has 4 heterocycles. The molecular formula is C45H62F2N10O13. The van der Waals surface area contributed by atoms with Crippen LogP contribution in [0.25, 0.3) is 0 Å². The summed E-state index contributed by atoms with van der Waals surface area (Å²) in [6, 6.07) is 3.47. The lowest BCUT2D eigenvalue weighted by Crippen LogP contribution is -2.49. The maximum absolute atomic E-state index is 14.0. The molecule has 3 fully saturated rings. The van der Waals surface area contributed by atoms with Gasteiger partial charge in [0.15, 0.2) is 0 Å². The molecule has 384 valence electrons. The van der Waals surface area contributed by atoms with Gasteiger partial charge in [-0.15, -0.1) is 0 Å². The fourth-order valence-corrected chi connectivity index (χ4v) is 9.20. The van der Waals surface area contributed by atoms with Gasteiger partial charge in [0.05, 0.1) is 38.8 Å². The molecule has 70 heavy (non-hydrogen) atoms. The number of amides is 5. The van der Waals surface area contributed by atoms with Gasteiger partial charge in [-0.05, 0) is 48.8 Å². The van der Waals surface area contributed by atoms with Crippen molar-refractivity contribution in [2.24, 2.45) is 5.92 Å². The van der Waals surface area contributed by atoms with Crippen molar-refractivity contribution in [3.63, 3.8) is 0 Å². The molecule has 23 nitrogen and oxygen atoms in total. The molecule has 1 unspecified atom stereocenters. The highest BCUT2D eigenvalue weighted by Gasteiger charge is 2.50. The van der Waals surface area contributed by atoms with Crippen LogP contribution in [-0.4, -0.2) is 219 Å². The molecule has 7 N–H and O–H groups in total. The highest BCUT2D eigenvalue weighted by atomic mass is 19.3. The third-order valence-corrected chi connectivity index (χ3v) is 12.9. The molecule has 0 saturated carbocycles. The van der Waals surface area contributed by atoms with E-state index < -0.39 is 84.5 Å². The van der Waals surface area contributed by atoms with Crippen LogP contribution >= 0.6 is 0 Å². The Morgan fingerprint density at radius 2 is 1.37 bits per heavy atom. The number of hydrogen-bond acceptors (Lipinski definition) is 14. The van der Waals surface area contributed by atoms with E-state index >= 15 is 0 Å². The monoisotopic (exact) mass is 988 g/mol. The van der Waals surface area contributed by atoms with E-state index in [2.05, 4.69) is 16.0 Å². The minimum atomic E-state index is -3.22. The van der Waals surface area contributed by atoms with Crippen molar-refractivity contribution in [3.8, 4) is 6.07 Å². The quantitative estimate of drug-likeness (QED) is 0.0686. The third kappa shape index (κ3) is 16.7. The molecule has 0 radical (unpaired) electrons. The molecule has 0 spiro atoms. The zero-order valence-corrected chi connectivity index (χ0v) is 38.9. The Morgan fingerprint density at radius 3 is 1.91 bits per heavy atom. The minimum Gasteiger partial charge on any atom is -0.480 e. The lowest BCUT2D eigenvalue weighted by atomic mass is 9.99. The number of alkyl halides is 2. The number of rotatable bonds is 21. The van der Waals surface area contributed by atoms with Gasteiger partial charge in [0.1, 0.15) is 18.1 Å². The Morgan fingerprint density at radius 1 is 0.800 bits per heavy atom. The maximum atomic E-state index is 14.0. The molecule has 4 atom stereocenters. The molecule has 1 aromatic carbocycles. The summed E-state index contributed by atoms with van der Waals surface area (Å²) >= 11 is 0. The Hall–Kier alpha value is -6.36. The van der Waals surface area contributed by atoms with E-state index in [1.54, 1.807) is 42.7 Å². The first-order chi connectivity index (χ1) is 33.2. The summed E-state index contributed by atoms with van der Waals surface area (Å²) < 4.78 is 27.9. The van der Waals surface area contributed by atoms with Crippen molar-refractivity contribution < 1.29 is 72.4 Å². The van der Waals surface area contributed by atoms with Crippen molar-refractivity contribution >= 4 is 53.4 Å². The number of halogens is 2. The van der Waals surface area contributed by atoms with Gasteiger partial charge in [-0.2, -0.15) is 5.26 Å². The molecule has 5 rings (SSSR count). The molecular weight excluding hydrogens is 927 g/mol. The van der Waals surface area contributed by atoms with Crippen molar-refractivity contribution in [2.45, 2.75) is 88.5 Å². The molecule has 25 heteroatoms. The van der Waals surface area contributed by atoms with Crippen molar-refractivity contribution in [2.75, 3.05) is 91.6 Å². The second kappa shape index (κ2) is 25.5. The Labute approximate surface area is 402 Å². The summed E-state index contributed by atoms with van der Waals surface area (Å²) in [6.07, 6.45) is -0.126. The molecule has 3 saturated heterocycles. The predicted molar refractivity (Wildman–Crippen MR) is 239 cm³/mol. The fourth-order valence-electron chi connectivity index (χ4n) is 9.20. The summed E-state index contributed by atoms with van der Waals surface area (Å²) in [5.74, 6) is -11.1. The number of likely N-dealkylation sites (tertiary alicyclic amines) is 1. The molecule has 0 bridgehead atoms. The standard InChI is InChI=1S/C45H62F2N10O13/c46-45(47)20-32(21-48)57(28-45)43(68)35-18-31(42(67)51-35)19-38(60)56-22-30-5-3-4-29(33(30)23-56)7-8-36(58)50-34(44(69)70)6-1-2-9-49-37(59)24-52-10-12-53(25-39(61)62)14-16-55(27-41(65)66)17-15-54(13-11-52)26-40(63)64/h3-5,31-32,34-35H,1-2,6-20,22-28H2,(H,49,59)(H,50,58)(H,51,67)(H,61,62)(H,63,64)(H,65,66)(H,69,70)/t31-,32-,34?,35-/m0/s1. The number of nitrogens with zero attached hydrogens (tertiary/aromatic N) is 7. The van der Waals surface area contributed by atoms with Crippen molar-refractivity contribution in [1.29, 1.82) is 5.26 Å². The number of carboxylic acid groups (broad SMARTS) is 4. The number of nitrogens with one attached hydrogen (secondary N) is 3. The molecule has 5 amide bonds. The number of aryl methyl sites for hydroxylation is 1. The number of aliphatic carboxylic acids is 4. The van der Waals surface area contributed by atoms with Gasteiger partial charge in [-0.1, -0.05) is 18.2 Å². The Balaban J connectivity index is 1.04.